The van der Waals surface area contributed by atoms with E-state index in [0.29, 0.717) is 0 Å². The Bertz CT molecular complexity index is 523. The fraction of sp³-hybridized carbons (Fsp3) is 0.643. The van der Waals surface area contributed by atoms with Crippen LogP contribution in [0, 0.1) is 6.92 Å². The lowest BCUT2D eigenvalue weighted by atomic mass is 9.93. The van der Waals surface area contributed by atoms with Gasteiger partial charge in [0.2, 0.25) is 0 Å². The molecule has 7 heteroatoms. The average Bonchev–Trinajstić information content (AvgIpc) is 2.97. The molecule has 1 aliphatic rings. The highest BCUT2D eigenvalue weighted by Crippen LogP contribution is 2.32. The van der Waals surface area contributed by atoms with E-state index in [0.717, 1.165) is 35.6 Å². The summed E-state index contributed by atoms with van der Waals surface area (Å²) in [6, 6.07) is -0.509. The molecule has 1 unspecified atom stereocenters. The SMILES string of the molecule is Cc1cnc(C(C)NC(=O)NC2(CC(=O)O)CCCC2)s1. The largest absolute Gasteiger partial charge is 0.481 e. The van der Waals surface area contributed by atoms with Gasteiger partial charge in [0, 0.05) is 11.1 Å². The van der Waals surface area contributed by atoms with E-state index in [1.54, 1.807) is 17.5 Å². The van der Waals surface area contributed by atoms with E-state index in [-0.39, 0.29) is 18.5 Å². The second-order valence-electron chi connectivity index (χ2n) is 5.69. The third-order valence-electron chi connectivity index (χ3n) is 3.79. The monoisotopic (exact) mass is 311 g/mol. The van der Waals surface area contributed by atoms with Crippen LogP contribution in [0.4, 0.5) is 4.79 Å². The molecular formula is C14H21N3O3S. The van der Waals surface area contributed by atoms with Crippen LogP contribution in [-0.4, -0.2) is 27.6 Å². The van der Waals surface area contributed by atoms with Crippen LogP contribution >= 0.6 is 11.3 Å². The molecule has 2 rings (SSSR count). The highest BCUT2D eigenvalue weighted by Gasteiger charge is 2.37. The molecule has 116 valence electrons. The first-order chi connectivity index (χ1) is 9.90. The van der Waals surface area contributed by atoms with Gasteiger partial charge >= 0.3 is 12.0 Å². The van der Waals surface area contributed by atoms with Crippen LogP contribution in [0.1, 0.15) is 55.0 Å². The van der Waals surface area contributed by atoms with Crippen LogP contribution in [0.3, 0.4) is 0 Å². The smallest absolute Gasteiger partial charge is 0.315 e. The summed E-state index contributed by atoms with van der Waals surface area (Å²) in [6.07, 6.45) is 5.10. The molecule has 0 saturated heterocycles. The second kappa shape index (κ2) is 6.43. The summed E-state index contributed by atoms with van der Waals surface area (Å²) in [5.41, 5.74) is -0.603. The summed E-state index contributed by atoms with van der Waals surface area (Å²) < 4.78 is 0. The minimum atomic E-state index is -0.874. The predicted octanol–water partition coefficient (Wildman–Crippen LogP) is 2.60. The highest BCUT2D eigenvalue weighted by atomic mass is 32.1. The Kier molecular flexibility index (Phi) is 4.82. The zero-order valence-corrected chi connectivity index (χ0v) is 13.1. The van der Waals surface area contributed by atoms with Crippen molar-refractivity contribution in [3.63, 3.8) is 0 Å². The molecule has 21 heavy (non-hydrogen) atoms. The Morgan fingerprint density at radius 2 is 2.14 bits per heavy atom. The van der Waals surface area contributed by atoms with Crippen molar-refractivity contribution in [2.75, 3.05) is 0 Å². The van der Waals surface area contributed by atoms with Gasteiger partial charge in [-0.05, 0) is 26.7 Å². The molecule has 0 aromatic carbocycles. The van der Waals surface area contributed by atoms with Crippen LogP contribution < -0.4 is 10.6 Å². The van der Waals surface area contributed by atoms with Crippen molar-refractivity contribution < 1.29 is 14.7 Å². The number of carbonyl (C=O) groups is 2. The van der Waals surface area contributed by atoms with Gasteiger partial charge in [-0.25, -0.2) is 9.78 Å². The molecular weight excluding hydrogens is 290 g/mol. The Labute approximate surface area is 128 Å². The predicted molar refractivity (Wildman–Crippen MR) is 80.4 cm³/mol. The molecule has 0 radical (unpaired) electrons. The summed E-state index contributed by atoms with van der Waals surface area (Å²) in [7, 11) is 0. The summed E-state index contributed by atoms with van der Waals surface area (Å²) in [5.74, 6) is -0.874. The van der Waals surface area contributed by atoms with E-state index in [9.17, 15) is 9.59 Å². The van der Waals surface area contributed by atoms with Crippen LogP contribution in [0.15, 0.2) is 6.20 Å². The number of nitrogens with zero attached hydrogens (tertiary/aromatic N) is 1. The molecule has 1 aromatic rings. The number of urea groups is 1. The number of hydrogen-bond acceptors (Lipinski definition) is 4. The highest BCUT2D eigenvalue weighted by molar-refractivity contribution is 7.11. The van der Waals surface area contributed by atoms with Crippen LogP contribution in [0.2, 0.25) is 0 Å². The number of hydrogen-bond donors (Lipinski definition) is 3. The van der Waals surface area contributed by atoms with E-state index in [1.165, 1.54) is 0 Å². The van der Waals surface area contributed by atoms with Gasteiger partial charge in [0.25, 0.3) is 0 Å². The number of carbonyl (C=O) groups excluding carboxylic acids is 1. The first-order valence-corrected chi connectivity index (χ1v) is 7.95. The Morgan fingerprint density at radius 3 is 2.67 bits per heavy atom. The topological polar surface area (TPSA) is 91.3 Å². The number of aromatic nitrogens is 1. The van der Waals surface area contributed by atoms with E-state index in [4.69, 9.17) is 5.11 Å². The van der Waals surface area contributed by atoms with Crippen molar-refractivity contribution in [2.45, 2.75) is 57.5 Å². The van der Waals surface area contributed by atoms with Crippen molar-refractivity contribution in [1.29, 1.82) is 0 Å². The summed E-state index contributed by atoms with van der Waals surface area (Å²) >= 11 is 1.54. The van der Waals surface area contributed by atoms with Crippen LogP contribution in [0.5, 0.6) is 0 Å². The van der Waals surface area contributed by atoms with Gasteiger partial charge in [-0.2, -0.15) is 0 Å². The third kappa shape index (κ3) is 4.17. The lowest BCUT2D eigenvalue weighted by Gasteiger charge is -2.29. The fourth-order valence-corrected chi connectivity index (χ4v) is 3.57. The average molecular weight is 311 g/mol. The van der Waals surface area contributed by atoms with Crippen molar-refractivity contribution in [3.05, 3.63) is 16.1 Å². The van der Waals surface area contributed by atoms with E-state index < -0.39 is 11.5 Å². The standard InChI is InChI=1S/C14H21N3O3S/c1-9-8-15-12(21-9)10(2)16-13(20)17-14(7-11(18)19)5-3-4-6-14/h8,10H,3-7H2,1-2H3,(H,18,19)(H2,16,17,20). The maximum Gasteiger partial charge on any atom is 0.315 e. The quantitative estimate of drug-likeness (QED) is 0.779. The van der Waals surface area contributed by atoms with Crippen molar-refractivity contribution in [1.82, 2.24) is 15.6 Å². The molecule has 1 aliphatic carbocycles. The van der Waals surface area contributed by atoms with E-state index in [2.05, 4.69) is 15.6 Å². The molecule has 0 bridgehead atoms. The molecule has 2 amide bonds. The zero-order valence-electron chi connectivity index (χ0n) is 12.3. The molecule has 3 N–H and O–H groups in total. The van der Waals surface area contributed by atoms with Gasteiger partial charge in [0.15, 0.2) is 0 Å². The third-order valence-corrected chi connectivity index (χ3v) is 4.88. The fourth-order valence-electron chi connectivity index (χ4n) is 2.79. The number of aryl methyl sites for hydroxylation is 1. The molecule has 6 nitrogen and oxygen atoms in total. The Balaban J connectivity index is 1.95. The maximum atomic E-state index is 12.1. The van der Waals surface area contributed by atoms with Gasteiger partial charge in [-0.1, -0.05) is 12.8 Å². The molecule has 1 fully saturated rings. The van der Waals surface area contributed by atoms with Crippen LogP contribution in [-0.2, 0) is 4.79 Å². The number of thiazole rings is 1. The number of carboxylic acids is 1. The van der Waals surface area contributed by atoms with E-state index >= 15 is 0 Å². The molecule has 0 aliphatic heterocycles. The number of aliphatic carboxylic acids is 1. The molecule has 0 spiro atoms. The number of rotatable bonds is 5. The molecule has 1 atom stereocenters. The number of carboxylic acid groups (broad SMARTS) is 1. The molecule has 1 heterocycles. The van der Waals surface area contributed by atoms with Crippen LogP contribution in [0.25, 0.3) is 0 Å². The zero-order chi connectivity index (χ0) is 15.5. The van der Waals surface area contributed by atoms with Crippen molar-refractivity contribution in [2.24, 2.45) is 0 Å². The molecule has 1 aromatic heterocycles. The minimum absolute atomic E-state index is 0.0227. The summed E-state index contributed by atoms with van der Waals surface area (Å²) in [6.45, 7) is 3.84. The van der Waals surface area contributed by atoms with Gasteiger partial charge in [0.05, 0.1) is 18.0 Å². The molecule has 1 saturated carbocycles. The second-order valence-corrected chi connectivity index (χ2v) is 6.95. The summed E-state index contributed by atoms with van der Waals surface area (Å²) in [4.78, 5) is 28.5. The van der Waals surface area contributed by atoms with Gasteiger partial charge in [-0.15, -0.1) is 11.3 Å². The Morgan fingerprint density at radius 1 is 1.48 bits per heavy atom. The lowest BCUT2D eigenvalue weighted by Crippen LogP contribution is -2.52. The van der Waals surface area contributed by atoms with Gasteiger partial charge in [0.1, 0.15) is 5.01 Å². The summed E-state index contributed by atoms with van der Waals surface area (Å²) in [5, 5.41) is 15.6. The van der Waals surface area contributed by atoms with Crippen molar-refractivity contribution in [3.8, 4) is 0 Å². The normalized spacial score (nSPS) is 18.2. The van der Waals surface area contributed by atoms with Crippen molar-refractivity contribution >= 4 is 23.3 Å². The minimum Gasteiger partial charge on any atom is -0.481 e. The van der Waals surface area contributed by atoms with Gasteiger partial charge in [-0.3, -0.25) is 4.79 Å². The Hall–Kier alpha value is -1.63. The number of amides is 2. The van der Waals surface area contributed by atoms with E-state index in [1.807, 2.05) is 13.8 Å². The lowest BCUT2D eigenvalue weighted by molar-refractivity contribution is -0.138. The first-order valence-electron chi connectivity index (χ1n) is 7.13. The maximum absolute atomic E-state index is 12.1. The number of nitrogens with one attached hydrogen (secondary N) is 2. The first kappa shape index (κ1) is 15.8. The van der Waals surface area contributed by atoms with Gasteiger partial charge < -0.3 is 15.7 Å².